The van der Waals surface area contributed by atoms with E-state index >= 15 is 0 Å². The molecule has 2 heteroatoms. The van der Waals surface area contributed by atoms with Crippen LogP contribution in [0.25, 0.3) is 0 Å². The second-order valence-corrected chi connectivity index (χ2v) is 4.46. The number of ether oxygens (including phenoxy) is 1. The maximum Gasteiger partial charge on any atom is 0.170 e. The van der Waals surface area contributed by atoms with Gasteiger partial charge in [0.2, 0.25) is 0 Å². The van der Waals surface area contributed by atoms with Crippen molar-refractivity contribution in [2.45, 2.75) is 20.3 Å². The number of para-hydroxylation sites is 1. The summed E-state index contributed by atoms with van der Waals surface area (Å²) in [6.45, 7) is 4.51. The number of carbonyl (C=O) groups excluding carboxylic acids is 1. The van der Waals surface area contributed by atoms with Gasteiger partial charge in [0.1, 0.15) is 5.75 Å². The first-order valence-electron chi connectivity index (χ1n) is 6.52. The molecule has 19 heavy (non-hydrogen) atoms. The quantitative estimate of drug-likeness (QED) is 0.758. The Morgan fingerprint density at radius 2 is 1.74 bits per heavy atom. The Labute approximate surface area is 114 Å². The van der Waals surface area contributed by atoms with Gasteiger partial charge in [-0.25, -0.2) is 0 Å². The molecule has 0 heterocycles. The van der Waals surface area contributed by atoms with Crippen LogP contribution in [0.1, 0.15) is 28.4 Å². The van der Waals surface area contributed by atoms with Crippen LogP contribution in [0.3, 0.4) is 0 Å². The molecule has 0 unspecified atom stereocenters. The van der Waals surface area contributed by atoms with E-state index in [-0.39, 0.29) is 5.78 Å². The predicted molar refractivity (Wildman–Crippen MR) is 76.8 cm³/mol. The van der Waals surface area contributed by atoms with E-state index in [1.165, 1.54) is 0 Å². The molecule has 2 aromatic carbocycles. The van der Waals surface area contributed by atoms with Crippen LogP contribution in [0.5, 0.6) is 5.75 Å². The largest absolute Gasteiger partial charge is 0.493 e. The monoisotopic (exact) mass is 254 g/mol. The molecule has 0 saturated carbocycles. The Bertz CT molecular complexity index is 573. The van der Waals surface area contributed by atoms with Crippen molar-refractivity contribution in [2.75, 3.05) is 6.61 Å². The smallest absolute Gasteiger partial charge is 0.170 e. The van der Waals surface area contributed by atoms with E-state index in [2.05, 4.69) is 0 Å². The summed E-state index contributed by atoms with van der Waals surface area (Å²) in [5, 5.41) is 0. The zero-order valence-electron chi connectivity index (χ0n) is 11.3. The Morgan fingerprint density at radius 1 is 1.05 bits per heavy atom. The standard InChI is InChI=1S/C17H18O2/c1-3-19-17-11-7-6-10-15(17)16(18)12-14-9-5-4-8-13(14)2/h4-11H,3,12H2,1-2H3. The summed E-state index contributed by atoms with van der Waals surface area (Å²) in [5.41, 5.74) is 2.87. The van der Waals surface area contributed by atoms with Gasteiger partial charge in [-0.05, 0) is 37.1 Å². The zero-order valence-corrected chi connectivity index (χ0v) is 11.3. The first-order valence-corrected chi connectivity index (χ1v) is 6.52. The summed E-state index contributed by atoms with van der Waals surface area (Å²) in [4.78, 5) is 12.4. The van der Waals surface area contributed by atoms with Crippen LogP contribution in [0.15, 0.2) is 48.5 Å². The highest BCUT2D eigenvalue weighted by molar-refractivity contribution is 6.00. The van der Waals surface area contributed by atoms with E-state index in [1.807, 2.05) is 62.4 Å². The van der Waals surface area contributed by atoms with E-state index in [0.29, 0.717) is 24.3 Å². The van der Waals surface area contributed by atoms with E-state index in [1.54, 1.807) is 0 Å². The molecule has 0 fully saturated rings. The highest BCUT2D eigenvalue weighted by Crippen LogP contribution is 2.21. The molecule has 0 radical (unpaired) electrons. The normalized spacial score (nSPS) is 10.2. The maximum absolute atomic E-state index is 12.4. The summed E-state index contributed by atoms with van der Waals surface area (Å²) in [6, 6.07) is 15.4. The van der Waals surface area contributed by atoms with Gasteiger partial charge in [0.15, 0.2) is 5.78 Å². The third kappa shape index (κ3) is 3.22. The van der Waals surface area contributed by atoms with Crippen molar-refractivity contribution >= 4 is 5.78 Å². The lowest BCUT2D eigenvalue weighted by molar-refractivity contribution is 0.0989. The van der Waals surface area contributed by atoms with Gasteiger partial charge < -0.3 is 4.74 Å². The molecule has 0 aromatic heterocycles. The minimum atomic E-state index is 0.0957. The van der Waals surface area contributed by atoms with Crippen molar-refractivity contribution in [1.82, 2.24) is 0 Å². The fourth-order valence-corrected chi connectivity index (χ4v) is 2.06. The number of rotatable bonds is 5. The summed E-state index contributed by atoms with van der Waals surface area (Å²) in [7, 11) is 0. The first-order chi connectivity index (χ1) is 9.22. The van der Waals surface area contributed by atoms with Crippen molar-refractivity contribution < 1.29 is 9.53 Å². The molecule has 0 spiro atoms. The second kappa shape index (κ2) is 6.19. The van der Waals surface area contributed by atoms with Crippen molar-refractivity contribution in [3.63, 3.8) is 0 Å². The molecule has 0 atom stereocenters. The first kappa shape index (κ1) is 13.3. The minimum Gasteiger partial charge on any atom is -0.493 e. The predicted octanol–water partition coefficient (Wildman–Crippen LogP) is 3.82. The van der Waals surface area contributed by atoms with Crippen LogP contribution in [-0.4, -0.2) is 12.4 Å². The van der Waals surface area contributed by atoms with E-state index in [9.17, 15) is 4.79 Å². The SMILES string of the molecule is CCOc1ccccc1C(=O)Cc1ccccc1C. The average molecular weight is 254 g/mol. The molecule has 0 bridgehead atoms. The fourth-order valence-electron chi connectivity index (χ4n) is 2.06. The minimum absolute atomic E-state index is 0.0957. The third-order valence-corrected chi connectivity index (χ3v) is 3.10. The van der Waals surface area contributed by atoms with Gasteiger partial charge in [-0.2, -0.15) is 0 Å². The third-order valence-electron chi connectivity index (χ3n) is 3.10. The van der Waals surface area contributed by atoms with Crippen LogP contribution in [-0.2, 0) is 6.42 Å². The van der Waals surface area contributed by atoms with Gasteiger partial charge in [0.05, 0.1) is 12.2 Å². The Kier molecular flexibility index (Phi) is 4.35. The van der Waals surface area contributed by atoms with Gasteiger partial charge >= 0.3 is 0 Å². The molecule has 2 aromatic rings. The van der Waals surface area contributed by atoms with Crippen LogP contribution >= 0.6 is 0 Å². The second-order valence-electron chi connectivity index (χ2n) is 4.46. The molecule has 2 nitrogen and oxygen atoms in total. The molecule has 0 N–H and O–H groups in total. The van der Waals surface area contributed by atoms with Gasteiger partial charge in [-0.15, -0.1) is 0 Å². The van der Waals surface area contributed by atoms with E-state index in [4.69, 9.17) is 4.74 Å². The molecule has 0 aliphatic heterocycles. The molecular formula is C17H18O2. The zero-order chi connectivity index (χ0) is 13.7. The van der Waals surface area contributed by atoms with Crippen molar-refractivity contribution in [2.24, 2.45) is 0 Å². The maximum atomic E-state index is 12.4. The van der Waals surface area contributed by atoms with Crippen LogP contribution in [0, 0.1) is 6.92 Å². The lowest BCUT2D eigenvalue weighted by Gasteiger charge is -2.10. The van der Waals surface area contributed by atoms with E-state index < -0.39 is 0 Å². The van der Waals surface area contributed by atoms with Gasteiger partial charge in [0, 0.05) is 6.42 Å². The molecule has 0 aliphatic rings. The number of benzene rings is 2. The number of Topliss-reactive ketones (excluding diaryl/α,β-unsaturated/α-hetero) is 1. The number of hydrogen-bond donors (Lipinski definition) is 0. The summed E-state index contributed by atoms with van der Waals surface area (Å²) in [6.07, 6.45) is 0.413. The van der Waals surface area contributed by atoms with Gasteiger partial charge in [0.25, 0.3) is 0 Å². The Balaban J connectivity index is 2.23. The molecule has 2 rings (SSSR count). The Hall–Kier alpha value is -2.09. The Morgan fingerprint density at radius 3 is 2.47 bits per heavy atom. The van der Waals surface area contributed by atoms with Gasteiger partial charge in [-0.1, -0.05) is 36.4 Å². The topological polar surface area (TPSA) is 26.3 Å². The van der Waals surface area contributed by atoms with Crippen LogP contribution in [0.2, 0.25) is 0 Å². The van der Waals surface area contributed by atoms with Crippen molar-refractivity contribution in [3.8, 4) is 5.75 Å². The molecular weight excluding hydrogens is 236 g/mol. The van der Waals surface area contributed by atoms with Crippen molar-refractivity contribution in [1.29, 1.82) is 0 Å². The van der Waals surface area contributed by atoms with E-state index in [0.717, 1.165) is 11.1 Å². The van der Waals surface area contributed by atoms with Crippen LogP contribution < -0.4 is 4.74 Å². The summed E-state index contributed by atoms with van der Waals surface area (Å²) < 4.78 is 5.51. The summed E-state index contributed by atoms with van der Waals surface area (Å²) in [5.74, 6) is 0.766. The molecule has 0 saturated heterocycles. The van der Waals surface area contributed by atoms with Gasteiger partial charge in [-0.3, -0.25) is 4.79 Å². The average Bonchev–Trinajstić information content (AvgIpc) is 2.42. The van der Waals surface area contributed by atoms with Crippen molar-refractivity contribution in [3.05, 3.63) is 65.2 Å². The highest BCUT2D eigenvalue weighted by atomic mass is 16.5. The summed E-state index contributed by atoms with van der Waals surface area (Å²) >= 11 is 0. The molecule has 0 amide bonds. The number of ketones is 1. The number of carbonyl (C=O) groups is 1. The lowest BCUT2D eigenvalue weighted by atomic mass is 9.99. The molecule has 98 valence electrons. The number of hydrogen-bond acceptors (Lipinski definition) is 2. The number of aryl methyl sites for hydroxylation is 1. The lowest BCUT2D eigenvalue weighted by Crippen LogP contribution is -2.07. The van der Waals surface area contributed by atoms with Crippen LogP contribution in [0.4, 0.5) is 0 Å². The highest BCUT2D eigenvalue weighted by Gasteiger charge is 2.13. The fraction of sp³-hybridized carbons (Fsp3) is 0.235. The molecule has 0 aliphatic carbocycles.